The fourth-order valence-corrected chi connectivity index (χ4v) is 1.59. The molecule has 2 aliphatic rings. The van der Waals surface area contributed by atoms with Crippen LogP contribution in [0.15, 0.2) is 0 Å². The van der Waals surface area contributed by atoms with Gasteiger partial charge in [0, 0.05) is 19.6 Å². The standard InChI is InChI=1S/C8H15NO3/c1-5-7(10)8(11)6(12-5)4-9-2-3-9/h5-8,10-11H,2-4H2,1H3/t5-,6+,7?,8?/m0/s1. The highest BCUT2D eigenvalue weighted by Gasteiger charge is 2.41. The van der Waals surface area contributed by atoms with E-state index >= 15 is 0 Å². The van der Waals surface area contributed by atoms with Crippen molar-refractivity contribution >= 4 is 0 Å². The number of aliphatic hydroxyl groups is 2. The zero-order valence-corrected chi connectivity index (χ0v) is 7.18. The van der Waals surface area contributed by atoms with E-state index in [4.69, 9.17) is 4.74 Å². The third-order valence-electron chi connectivity index (χ3n) is 2.58. The molecule has 4 nitrogen and oxygen atoms in total. The minimum absolute atomic E-state index is 0.197. The van der Waals surface area contributed by atoms with E-state index in [1.54, 1.807) is 6.92 Å². The van der Waals surface area contributed by atoms with Crippen molar-refractivity contribution in [3.8, 4) is 0 Å². The van der Waals surface area contributed by atoms with Crippen LogP contribution in [0.5, 0.6) is 0 Å². The van der Waals surface area contributed by atoms with Crippen molar-refractivity contribution in [3.63, 3.8) is 0 Å². The summed E-state index contributed by atoms with van der Waals surface area (Å²) in [5.41, 5.74) is 0. The van der Waals surface area contributed by atoms with Crippen molar-refractivity contribution in [3.05, 3.63) is 0 Å². The van der Waals surface area contributed by atoms with Crippen molar-refractivity contribution in [1.82, 2.24) is 4.90 Å². The summed E-state index contributed by atoms with van der Waals surface area (Å²) < 4.78 is 5.39. The molecule has 12 heavy (non-hydrogen) atoms. The molecule has 70 valence electrons. The van der Waals surface area contributed by atoms with E-state index in [1.807, 2.05) is 0 Å². The van der Waals surface area contributed by atoms with Crippen molar-refractivity contribution in [2.45, 2.75) is 31.3 Å². The van der Waals surface area contributed by atoms with Gasteiger partial charge in [-0.05, 0) is 6.92 Å². The van der Waals surface area contributed by atoms with Gasteiger partial charge in [-0.3, -0.25) is 4.90 Å². The third kappa shape index (κ3) is 1.47. The highest BCUT2D eigenvalue weighted by Crippen LogP contribution is 2.22. The molecule has 2 rings (SSSR count). The Hall–Kier alpha value is -0.160. The van der Waals surface area contributed by atoms with Crippen LogP contribution in [0.4, 0.5) is 0 Å². The molecule has 0 aromatic carbocycles. The maximum absolute atomic E-state index is 9.50. The van der Waals surface area contributed by atoms with Crippen LogP contribution in [0.3, 0.4) is 0 Å². The lowest BCUT2D eigenvalue weighted by Crippen LogP contribution is -2.35. The molecule has 0 bridgehead atoms. The molecular formula is C8H15NO3. The zero-order valence-electron chi connectivity index (χ0n) is 7.18. The summed E-state index contributed by atoms with van der Waals surface area (Å²) in [7, 11) is 0. The lowest BCUT2D eigenvalue weighted by Gasteiger charge is -2.14. The molecule has 0 aromatic rings. The summed E-state index contributed by atoms with van der Waals surface area (Å²) in [6.45, 7) is 4.73. The van der Waals surface area contributed by atoms with Crippen molar-refractivity contribution in [2.24, 2.45) is 0 Å². The molecule has 0 spiro atoms. The summed E-state index contributed by atoms with van der Waals surface area (Å²) in [5.74, 6) is 0. The maximum Gasteiger partial charge on any atom is 0.110 e. The van der Waals surface area contributed by atoms with Crippen molar-refractivity contribution in [2.75, 3.05) is 19.6 Å². The molecule has 2 unspecified atom stereocenters. The van der Waals surface area contributed by atoms with Gasteiger partial charge in [0.2, 0.25) is 0 Å². The maximum atomic E-state index is 9.50. The van der Waals surface area contributed by atoms with Gasteiger partial charge < -0.3 is 14.9 Å². The molecule has 4 heteroatoms. The van der Waals surface area contributed by atoms with Gasteiger partial charge in [0.1, 0.15) is 12.2 Å². The summed E-state index contributed by atoms with van der Waals surface area (Å²) >= 11 is 0. The fraction of sp³-hybridized carbons (Fsp3) is 1.00. The Morgan fingerprint density at radius 1 is 1.33 bits per heavy atom. The van der Waals surface area contributed by atoms with Gasteiger partial charge >= 0.3 is 0 Å². The van der Waals surface area contributed by atoms with Crippen LogP contribution < -0.4 is 0 Å². The van der Waals surface area contributed by atoms with Crippen LogP contribution in [0.2, 0.25) is 0 Å². The van der Waals surface area contributed by atoms with E-state index in [0.29, 0.717) is 0 Å². The first-order chi connectivity index (χ1) is 5.68. The lowest BCUT2D eigenvalue weighted by atomic mass is 10.1. The highest BCUT2D eigenvalue weighted by molar-refractivity contribution is 4.91. The first kappa shape index (κ1) is 8.44. The Morgan fingerprint density at radius 3 is 2.42 bits per heavy atom. The zero-order chi connectivity index (χ0) is 8.72. The summed E-state index contributed by atoms with van der Waals surface area (Å²) in [6.07, 6.45) is -1.85. The number of ether oxygens (including phenoxy) is 1. The molecule has 0 aromatic heterocycles. The third-order valence-corrected chi connectivity index (χ3v) is 2.58. The van der Waals surface area contributed by atoms with E-state index in [9.17, 15) is 10.2 Å². The van der Waals surface area contributed by atoms with Gasteiger partial charge in [-0.15, -0.1) is 0 Å². The van der Waals surface area contributed by atoms with Gasteiger partial charge in [0.05, 0.1) is 12.2 Å². The molecular weight excluding hydrogens is 158 g/mol. The molecule has 0 amide bonds. The van der Waals surface area contributed by atoms with Crippen molar-refractivity contribution < 1.29 is 14.9 Å². The molecule has 0 saturated carbocycles. The molecule has 0 aliphatic carbocycles. The van der Waals surface area contributed by atoms with E-state index in [0.717, 1.165) is 19.6 Å². The second-order valence-corrected chi connectivity index (χ2v) is 3.66. The Labute approximate surface area is 71.7 Å². The summed E-state index contributed by atoms with van der Waals surface area (Å²) in [4.78, 5) is 2.18. The molecule has 2 saturated heterocycles. The predicted octanol–water partition coefficient (Wildman–Crippen LogP) is -1.19. The minimum Gasteiger partial charge on any atom is -0.388 e. The number of hydrogen-bond acceptors (Lipinski definition) is 4. The molecule has 0 radical (unpaired) electrons. The highest BCUT2D eigenvalue weighted by atomic mass is 16.5. The minimum atomic E-state index is -0.713. The van der Waals surface area contributed by atoms with Crippen LogP contribution >= 0.6 is 0 Å². The quantitative estimate of drug-likeness (QED) is 0.516. The Balaban J connectivity index is 1.89. The first-order valence-electron chi connectivity index (χ1n) is 4.42. The largest absolute Gasteiger partial charge is 0.388 e. The average Bonchev–Trinajstić information content (AvgIpc) is 2.80. The Kier molecular flexibility index (Phi) is 2.08. The SMILES string of the molecule is C[C@@H]1O[C@H](CN2CC2)C(O)C1O. The first-order valence-corrected chi connectivity index (χ1v) is 4.42. The smallest absolute Gasteiger partial charge is 0.110 e. The van der Waals surface area contributed by atoms with E-state index in [1.165, 1.54) is 0 Å². The topological polar surface area (TPSA) is 52.7 Å². The second-order valence-electron chi connectivity index (χ2n) is 3.66. The van der Waals surface area contributed by atoms with Crippen LogP contribution in [0, 0.1) is 0 Å². The lowest BCUT2D eigenvalue weighted by molar-refractivity contribution is 0.00901. The van der Waals surface area contributed by atoms with Gasteiger partial charge in [0.25, 0.3) is 0 Å². The van der Waals surface area contributed by atoms with Gasteiger partial charge in [0.15, 0.2) is 0 Å². The molecule has 2 fully saturated rings. The van der Waals surface area contributed by atoms with Crippen LogP contribution in [-0.4, -0.2) is 59.2 Å². The Morgan fingerprint density at radius 2 is 2.00 bits per heavy atom. The van der Waals surface area contributed by atoms with E-state index < -0.39 is 12.2 Å². The van der Waals surface area contributed by atoms with E-state index in [2.05, 4.69) is 4.90 Å². The van der Waals surface area contributed by atoms with Gasteiger partial charge in [-0.25, -0.2) is 0 Å². The molecule has 2 aliphatic heterocycles. The number of rotatable bonds is 2. The molecule has 2 N–H and O–H groups in total. The molecule has 4 atom stereocenters. The summed E-state index contributed by atoms with van der Waals surface area (Å²) in [6, 6.07) is 0. The predicted molar refractivity (Wildman–Crippen MR) is 42.8 cm³/mol. The second kappa shape index (κ2) is 2.96. The number of aliphatic hydroxyl groups excluding tert-OH is 2. The normalized spacial score (nSPS) is 48.2. The number of hydrogen-bond donors (Lipinski definition) is 2. The monoisotopic (exact) mass is 173 g/mol. The van der Waals surface area contributed by atoms with Crippen molar-refractivity contribution in [1.29, 1.82) is 0 Å². The van der Waals surface area contributed by atoms with Gasteiger partial charge in [-0.2, -0.15) is 0 Å². The van der Waals surface area contributed by atoms with Crippen LogP contribution in [0.1, 0.15) is 6.92 Å². The fourth-order valence-electron chi connectivity index (χ4n) is 1.59. The number of nitrogens with zero attached hydrogens (tertiary/aromatic N) is 1. The van der Waals surface area contributed by atoms with Gasteiger partial charge in [-0.1, -0.05) is 0 Å². The van der Waals surface area contributed by atoms with Crippen LogP contribution in [0.25, 0.3) is 0 Å². The molecule has 2 heterocycles. The van der Waals surface area contributed by atoms with Crippen LogP contribution in [-0.2, 0) is 4.74 Å². The average molecular weight is 173 g/mol. The Bertz CT molecular complexity index is 170. The summed E-state index contributed by atoms with van der Waals surface area (Å²) in [5, 5.41) is 18.9. The van der Waals surface area contributed by atoms with E-state index in [-0.39, 0.29) is 12.2 Å².